The fourth-order valence-electron chi connectivity index (χ4n) is 3.09. The maximum absolute atomic E-state index is 12.4. The fourth-order valence-corrected chi connectivity index (χ4v) is 3.09. The number of piperidine rings is 1. The molecule has 0 spiro atoms. The molecule has 2 amide bonds. The van der Waals surface area contributed by atoms with Crippen molar-refractivity contribution in [1.29, 1.82) is 0 Å². The molecule has 3 N–H and O–H groups in total. The molecule has 0 radical (unpaired) electrons. The van der Waals surface area contributed by atoms with Gasteiger partial charge in [0.15, 0.2) is 5.82 Å². The minimum atomic E-state index is -0.197. The van der Waals surface area contributed by atoms with Crippen molar-refractivity contribution in [3.05, 3.63) is 5.82 Å². The lowest BCUT2D eigenvalue weighted by Gasteiger charge is -2.31. The number of amides is 2. The molecule has 1 aromatic rings. The molecular weight excluding hydrogens is 286 g/mol. The Balaban J connectivity index is 1.51. The van der Waals surface area contributed by atoms with Crippen LogP contribution in [-0.2, 0) is 16.1 Å². The van der Waals surface area contributed by atoms with Crippen LogP contribution in [-0.4, -0.2) is 63.5 Å². The van der Waals surface area contributed by atoms with Gasteiger partial charge >= 0.3 is 0 Å². The third-order valence-electron chi connectivity index (χ3n) is 4.30. The molecule has 0 bridgehead atoms. The first kappa shape index (κ1) is 14.9. The summed E-state index contributed by atoms with van der Waals surface area (Å²) in [5.41, 5.74) is 0. The van der Waals surface area contributed by atoms with Gasteiger partial charge in [0.05, 0.1) is 18.4 Å². The number of nitrogens with one attached hydrogen (secondary N) is 3. The quantitative estimate of drug-likeness (QED) is 0.634. The number of aromatic amines is 1. The van der Waals surface area contributed by atoms with E-state index in [1.165, 1.54) is 0 Å². The molecule has 2 aliphatic heterocycles. The van der Waals surface area contributed by atoms with Crippen molar-refractivity contribution in [3.63, 3.8) is 0 Å². The van der Waals surface area contributed by atoms with Crippen LogP contribution >= 0.6 is 0 Å². The van der Waals surface area contributed by atoms with E-state index in [1.807, 2.05) is 4.90 Å². The summed E-state index contributed by atoms with van der Waals surface area (Å²) in [5.74, 6) is 0.253. The molecule has 2 saturated heterocycles. The molecule has 9 heteroatoms. The maximum Gasteiger partial charge on any atom is 0.226 e. The van der Waals surface area contributed by atoms with Crippen molar-refractivity contribution in [3.8, 4) is 0 Å². The third kappa shape index (κ3) is 3.41. The lowest BCUT2D eigenvalue weighted by Crippen LogP contribution is -2.48. The highest BCUT2D eigenvalue weighted by Gasteiger charge is 2.33. The molecule has 0 aliphatic carbocycles. The molecule has 3 heterocycles. The van der Waals surface area contributed by atoms with Gasteiger partial charge in [-0.25, -0.2) is 0 Å². The van der Waals surface area contributed by atoms with Crippen LogP contribution in [0.15, 0.2) is 0 Å². The van der Waals surface area contributed by atoms with Crippen molar-refractivity contribution in [2.45, 2.75) is 25.8 Å². The standard InChI is InChI=1S/C13H21N7O2/c21-12(15-8-11-16-18-19-17-11)9-5-10(7-14-6-9)13(22)20-3-1-2-4-20/h9-10,14H,1-8H2,(H,15,21)(H,16,17,18,19)/t9-,10-/m1/s1. The van der Waals surface area contributed by atoms with E-state index < -0.39 is 0 Å². The van der Waals surface area contributed by atoms with E-state index in [2.05, 4.69) is 31.3 Å². The first-order chi connectivity index (χ1) is 10.7. The van der Waals surface area contributed by atoms with Gasteiger partial charge in [-0.3, -0.25) is 9.59 Å². The summed E-state index contributed by atoms with van der Waals surface area (Å²) in [7, 11) is 0. The highest BCUT2D eigenvalue weighted by Crippen LogP contribution is 2.21. The Morgan fingerprint density at radius 1 is 1.23 bits per heavy atom. The summed E-state index contributed by atoms with van der Waals surface area (Å²) in [6, 6.07) is 0. The zero-order valence-corrected chi connectivity index (χ0v) is 12.4. The van der Waals surface area contributed by atoms with Gasteiger partial charge in [0, 0.05) is 26.2 Å². The zero-order valence-electron chi connectivity index (χ0n) is 12.4. The Bertz CT molecular complexity index is 512. The number of tetrazole rings is 1. The summed E-state index contributed by atoms with van der Waals surface area (Å²) in [6.07, 6.45) is 2.77. The summed E-state index contributed by atoms with van der Waals surface area (Å²) in [5, 5.41) is 19.4. The van der Waals surface area contributed by atoms with Crippen LogP contribution in [0.5, 0.6) is 0 Å². The van der Waals surface area contributed by atoms with Gasteiger partial charge in [0.1, 0.15) is 0 Å². The smallest absolute Gasteiger partial charge is 0.226 e. The number of aromatic nitrogens is 4. The second kappa shape index (κ2) is 6.82. The Kier molecular flexibility index (Phi) is 4.62. The average Bonchev–Trinajstić information content (AvgIpc) is 3.25. The van der Waals surface area contributed by atoms with Gasteiger partial charge in [-0.05, 0) is 19.3 Å². The predicted molar refractivity (Wildman–Crippen MR) is 76.3 cm³/mol. The van der Waals surface area contributed by atoms with E-state index in [4.69, 9.17) is 0 Å². The molecule has 0 saturated carbocycles. The first-order valence-electron chi connectivity index (χ1n) is 7.73. The van der Waals surface area contributed by atoms with Gasteiger partial charge < -0.3 is 15.5 Å². The number of H-pyrrole nitrogens is 1. The fraction of sp³-hybridized carbons (Fsp3) is 0.769. The average molecular weight is 307 g/mol. The van der Waals surface area contributed by atoms with E-state index in [9.17, 15) is 9.59 Å². The maximum atomic E-state index is 12.4. The van der Waals surface area contributed by atoms with Crippen molar-refractivity contribution >= 4 is 11.8 Å². The minimum Gasteiger partial charge on any atom is -0.348 e. The van der Waals surface area contributed by atoms with Crippen molar-refractivity contribution < 1.29 is 9.59 Å². The topological polar surface area (TPSA) is 116 Å². The Morgan fingerprint density at radius 3 is 2.73 bits per heavy atom. The van der Waals surface area contributed by atoms with Crippen molar-refractivity contribution in [1.82, 2.24) is 36.2 Å². The summed E-state index contributed by atoms with van der Waals surface area (Å²) >= 11 is 0. The van der Waals surface area contributed by atoms with Crippen LogP contribution < -0.4 is 10.6 Å². The van der Waals surface area contributed by atoms with Crippen LogP contribution in [0.25, 0.3) is 0 Å². The summed E-state index contributed by atoms with van der Waals surface area (Å²) < 4.78 is 0. The van der Waals surface area contributed by atoms with Crippen LogP contribution in [0.3, 0.4) is 0 Å². The Hall–Kier alpha value is -2.03. The molecule has 120 valence electrons. The van der Waals surface area contributed by atoms with Crippen LogP contribution in [0.4, 0.5) is 0 Å². The number of rotatable bonds is 4. The summed E-state index contributed by atoms with van der Waals surface area (Å²) in [4.78, 5) is 26.6. The minimum absolute atomic E-state index is 0.0729. The Morgan fingerprint density at radius 2 is 2.00 bits per heavy atom. The van der Waals surface area contributed by atoms with Gasteiger partial charge in [-0.1, -0.05) is 5.21 Å². The molecular formula is C13H21N7O2. The van der Waals surface area contributed by atoms with Gasteiger partial charge in [0.25, 0.3) is 0 Å². The number of hydrogen-bond acceptors (Lipinski definition) is 6. The lowest BCUT2D eigenvalue weighted by atomic mass is 9.89. The second-order valence-corrected chi connectivity index (χ2v) is 5.87. The van der Waals surface area contributed by atoms with Crippen LogP contribution in [0.2, 0.25) is 0 Å². The van der Waals surface area contributed by atoms with Gasteiger partial charge in [-0.15, -0.1) is 10.2 Å². The molecule has 2 atom stereocenters. The van der Waals surface area contributed by atoms with Crippen LogP contribution in [0, 0.1) is 11.8 Å². The molecule has 1 aromatic heterocycles. The van der Waals surface area contributed by atoms with Gasteiger partial charge in [-0.2, -0.15) is 5.21 Å². The zero-order chi connectivity index (χ0) is 15.4. The number of carbonyl (C=O) groups is 2. The predicted octanol–water partition coefficient (Wildman–Crippen LogP) is -1.34. The van der Waals surface area contributed by atoms with E-state index in [-0.39, 0.29) is 30.2 Å². The molecule has 9 nitrogen and oxygen atoms in total. The van der Waals surface area contributed by atoms with E-state index in [1.54, 1.807) is 0 Å². The van der Waals surface area contributed by atoms with Crippen molar-refractivity contribution in [2.75, 3.05) is 26.2 Å². The Labute approximate surface area is 128 Å². The third-order valence-corrected chi connectivity index (χ3v) is 4.30. The highest BCUT2D eigenvalue weighted by molar-refractivity contribution is 5.83. The van der Waals surface area contributed by atoms with E-state index >= 15 is 0 Å². The molecule has 2 fully saturated rings. The van der Waals surface area contributed by atoms with Gasteiger partial charge in [0.2, 0.25) is 11.8 Å². The molecule has 2 aliphatic rings. The first-order valence-corrected chi connectivity index (χ1v) is 7.73. The number of hydrogen-bond donors (Lipinski definition) is 3. The molecule has 0 unspecified atom stereocenters. The largest absolute Gasteiger partial charge is 0.348 e. The van der Waals surface area contributed by atoms with Crippen LogP contribution in [0.1, 0.15) is 25.1 Å². The number of likely N-dealkylation sites (tertiary alicyclic amines) is 1. The normalized spacial score (nSPS) is 25.2. The lowest BCUT2D eigenvalue weighted by molar-refractivity contribution is -0.136. The van der Waals surface area contributed by atoms with E-state index in [0.29, 0.717) is 25.3 Å². The summed E-state index contributed by atoms with van der Waals surface area (Å²) in [6.45, 7) is 3.20. The van der Waals surface area contributed by atoms with Crippen molar-refractivity contribution in [2.24, 2.45) is 11.8 Å². The highest BCUT2D eigenvalue weighted by atomic mass is 16.2. The number of carbonyl (C=O) groups excluding carboxylic acids is 2. The van der Waals surface area contributed by atoms with E-state index in [0.717, 1.165) is 25.9 Å². The monoisotopic (exact) mass is 307 g/mol. The molecule has 3 rings (SSSR count). The molecule has 0 aromatic carbocycles. The number of nitrogens with zero attached hydrogens (tertiary/aromatic N) is 4. The SMILES string of the molecule is O=C(NCc1nn[nH]n1)[C@H]1CNC[C@H](C(=O)N2CCCC2)C1. The second-order valence-electron chi connectivity index (χ2n) is 5.87. The molecule has 22 heavy (non-hydrogen) atoms.